The Bertz CT molecular complexity index is 404. The number of esters is 1. The molecular weight excluding hydrogens is 246 g/mol. The zero-order chi connectivity index (χ0) is 14.3. The van der Waals surface area contributed by atoms with E-state index in [0.29, 0.717) is 31.7 Å². The second-order valence-electron chi connectivity index (χ2n) is 4.38. The largest absolute Gasteiger partial charge is 0.462 e. The molecule has 108 valence electrons. The smallest absolute Gasteiger partial charge is 0.341 e. The maximum Gasteiger partial charge on any atom is 0.341 e. The molecule has 1 rings (SSSR count). The molecule has 19 heavy (non-hydrogen) atoms. The number of aryl methyl sites for hydroxylation is 1. The van der Waals surface area contributed by atoms with Crippen LogP contribution in [0.15, 0.2) is 6.20 Å². The number of rotatable bonds is 8. The number of hydrogen-bond donors (Lipinski definition) is 2. The number of aliphatic hydroxyl groups is 1. The molecule has 0 bridgehead atoms. The molecule has 0 aliphatic heterocycles. The molecule has 0 saturated carbocycles. The Hall–Kier alpha value is -1.40. The van der Waals surface area contributed by atoms with Gasteiger partial charge in [0.25, 0.3) is 0 Å². The van der Waals surface area contributed by atoms with Crippen molar-refractivity contribution >= 4 is 5.97 Å². The first kappa shape index (κ1) is 15.7. The predicted octanol–water partition coefficient (Wildman–Crippen LogP) is 0.847. The van der Waals surface area contributed by atoms with E-state index in [2.05, 4.69) is 10.4 Å². The van der Waals surface area contributed by atoms with E-state index >= 15 is 0 Å². The maximum absolute atomic E-state index is 11.7. The van der Waals surface area contributed by atoms with Gasteiger partial charge in [0, 0.05) is 13.6 Å². The van der Waals surface area contributed by atoms with E-state index < -0.39 is 0 Å². The van der Waals surface area contributed by atoms with Gasteiger partial charge < -0.3 is 15.2 Å². The summed E-state index contributed by atoms with van der Waals surface area (Å²) in [6.45, 7) is 5.30. The highest BCUT2D eigenvalue weighted by atomic mass is 16.5. The summed E-state index contributed by atoms with van der Waals surface area (Å²) in [5.74, 6) is -0.346. The highest BCUT2D eigenvalue weighted by Gasteiger charge is 2.16. The van der Waals surface area contributed by atoms with Gasteiger partial charge in [-0.3, -0.25) is 4.68 Å². The van der Waals surface area contributed by atoms with Crippen molar-refractivity contribution in [3.63, 3.8) is 0 Å². The van der Waals surface area contributed by atoms with Gasteiger partial charge in [-0.25, -0.2) is 4.79 Å². The van der Waals surface area contributed by atoms with Crippen molar-refractivity contribution in [1.82, 2.24) is 15.1 Å². The van der Waals surface area contributed by atoms with Crippen molar-refractivity contribution in [1.29, 1.82) is 0 Å². The lowest BCUT2D eigenvalue weighted by Crippen LogP contribution is -2.22. The molecule has 6 nitrogen and oxygen atoms in total. The van der Waals surface area contributed by atoms with Crippen LogP contribution in [0.2, 0.25) is 0 Å². The molecule has 0 aliphatic rings. The van der Waals surface area contributed by atoms with E-state index in [0.717, 1.165) is 12.1 Å². The number of carbonyl (C=O) groups is 1. The van der Waals surface area contributed by atoms with E-state index in [1.807, 2.05) is 6.92 Å². The second kappa shape index (κ2) is 7.91. The normalized spacial score (nSPS) is 12.4. The number of carbonyl (C=O) groups excluding carboxylic acids is 1. The van der Waals surface area contributed by atoms with Crippen molar-refractivity contribution in [2.75, 3.05) is 13.2 Å². The standard InChI is InChI=1S/C13H23N3O3/c1-4-10(17)6-7-14-9-12-11(8-15-16(12)3)13(18)19-5-2/h8,10,14,17H,4-7,9H2,1-3H3. The highest BCUT2D eigenvalue weighted by molar-refractivity contribution is 5.90. The zero-order valence-electron chi connectivity index (χ0n) is 11.8. The fourth-order valence-corrected chi connectivity index (χ4v) is 1.73. The molecular formula is C13H23N3O3. The molecule has 0 amide bonds. The van der Waals surface area contributed by atoms with Crippen LogP contribution in [0, 0.1) is 0 Å². The van der Waals surface area contributed by atoms with Crippen molar-refractivity contribution < 1.29 is 14.6 Å². The van der Waals surface area contributed by atoms with E-state index in [9.17, 15) is 9.90 Å². The quantitative estimate of drug-likeness (QED) is 0.540. The van der Waals surface area contributed by atoms with Gasteiger partial charge in [0.2, 0.25) is 0 Å². The highest BCUT2D eigenvalue weighted by Crippen LogP contribution is 2.09. The van der Waals surface area contributed by atoms with Crippen LogP contribution in [0.25, 0.3) is 0 Å². The number of nitrogens with zero attached hydrogens (tertiary/aromatic N) is 2. The van der Waals surface area contributed by atoms with Crippen molar-refractivity contribution in [2.45, 2.75) is 39.3 Å². The minimum atomic E-state index is -0.346. The van der Waals surface area contributed by atoms with E-state index in [1.54, 1.807) is 18.7 Å². The van der Waals surface area contributed by atoms with Crippen molar-refractivity contribution in [3.05, 3.63) is 17.5 Å². The molecule has 0 aliphatic carbocycles. The SMILES string of the molecule is CCOC(=O)c1cnn(C)c1CNCCC(O)CC. The molecule has 0 radical (unpaired) electrons. The van der Waals surface area contributed by atoms with Gasteiger partial charge >= 0.3 is 5.97 Å². The third-order valence-electron chi connectivity index (χ3n) is 2.97. The molecule has 1 aromatic rings. The molecule has 1 heterocycles. The Morgan fingerprint density at radius 2 is 2.32 bits per heavy atom. The van der Waals surface area contributed by atoms with Crippen LogP contribution in [-0.4, -0.2) is 40.1 Å². The average Bonchev–Trinajstić information content (AvgIpc) is 2.76. The first-order valence-corrected chi connectivity index (χ1v) is 6.66. The van der Waals surface area contributed by atoms with E-state index in [-0.39, 0.29) is 12.1 Å². The first-order chi connectivity index (χ1) is 9.10. The van der Waals surface area contributed by atoms with Crippen molar-refractivity contribution in [3.8, 4) is 0 Å². The van der Waals surface area contributed by atoms with Gasteiger partial charge in [0.05, 0.1) is 24.6 Å². The third-order valence-corrected chi connectivity index (χ3v) is 2.97. The number of ether oxygens (including phenoxy) is 1. The second-order valence-corrected chi connectivity index (χ2v) is 4.38. The molecule has 0 spiro atoms. The summed E-state index contributed by atoms with van der Waals surface area (Å²) in [5.41, 5.74) is 1.29. The number of nitrogens with one attached hydrogen (secondary N) is 1. The van der Waals surface area contributed by atoms with Crippen LogP contribution in [-0.2, 0) is 18.3 Å². The summed E-state index contributed by atoms with van der Waals surface area (Å²) < 4.78 is 6.65. The minimum Gasteiger partial charge on any atom is -0.462 e. The van der Waals surface area contributed by atoms with E-state index in [4.69, 9.17) is 4.74 Å². The van der Waals surface area contributed by atoms with Crippen LogP contribution in [0.4, 0.5) is 0 Å². The molecule has 2 N–H and O–H groups in total. The lowest BCUT2D eigenvalue weighted by atomic mass is 10.2. The zero-order valence-corrected chi connectivity index (χ0v) is 11.8. The molecule has 0 saturated heterocycles. The van der Waals surface area contributed by atoms with E-state index in [1.165, 1.54) is 6.20 Å². The van der Waals surface area contributed by atoms with Crippen LogP contribution in [0.5, 0.6) is 0 Å². The Kier molecular flexibility index (Phi) is 6.52. The summed E-state index contributed by atoms with van der Waals surface area (Å²) in [6.07, 6.45) is 2.70. The van der Waals surface area contributed by atoms with Gasteiger partial charge in [-0.15, -0.1) is 0 Å². The van der Waals surface area contributed by atoms with Crippen LogP contribution >= 0.6 is 0 Å². The lowest BCUT2D eigenvalue weighted by Gasteiger charge is -2.10. The fraction of sp³-hybridized carbons (Fsp3) is 0.692. The Labute approximate surface area is 113 Å². The summed E-state index contributed by atoms with van der Waals surface area (Å²) in [5, 5.41) is 16.7. The summed E-state index contributed by atoms with van der Waals surface area (Å²) in [7, 11) is 1.79. The van der Waals surface area contributed by atoms with Gasteiger partial charge in [-0.05, 0) is 26.3 Å². The van der Waals surface area contributed by atoms with Gasteiger partial charge in [0.1, 0.15) is 5.56 Å². The van der Waals surface area contributed by atoms with Crippen molar-refractivity contribution in [2.24, 2.45) is 7.05 Å². The predicted molar refractivity (Wildman–Crippen MR) is 71.8 cm³/mol. The molecule has 0 fully saturated rings. The van der Waals surface area contributed by atoms with Gasteiger partial charge in [-0.1, -0.05) is 6.92 Å². The molecule has 0 aromatic carbocycles. The first-order valence-electron chi connectivity index (χ1n) is 6.66. The Morgan fingerprint density at radius 1 is 1.58 bits per heavy atom. The van der Waals surface area contributed by atoms with Crippen LogP contribution in [0.1, 0.15) is 42.7 Å². The molecule has 1 aromatic heterocycles. The lowest BCUT2D eigenvalue weighted by molar-refractivity contribution is 0.0524. The monoisotopic (exact) mass is 269 g/mol. The molecule has 1 atom stereocenters. The molecule has 6 heteroatoms. The topological polar surface area (TPSA) is 76.4 Å². The maximum atomic E-state index is 11.7. The third kappa shape index (κ3) is 4.65. The minimum absolute atomic E-state index is 0.274. The Balaban J connectivity index is 2.53. The van der Waals surface area contributed by atoms with Gasteiger partial charge in [-0.2, -0.15) is 5.10 Å². The van der Waals surface area contributed by atoms with Crippen LogP contribution in [0.3, 0.4) is 0 Å². The number of hydrogen-bond acceptors (Lipinski definition) is 5. The van der Waals surface area contributed by atoms with Gasteiger partial charge in [0.15, 0.2) is 0 Å². The number of aliphatic hydroxyl groups excluding tert-OH is 1. The summed E-state index contributed by atoms with van der Waals surface area (Å²) >= 11 is 0. The molecule has 1 unspecified atom stereocenters. The summed E-state index contributed by atoms with van der Waals surface area (Å²) in [4.78, 5) is 11.7. The summed E-state index contributed by atoms with van der Waals surface area (Å²) in [6, 6.07) is 0. The van der Waals surface area contributed by atoms with Crippen LogP contribution < -0.4 is 5.32 Å². The average molecular weight is 269 g/mol. The number of aromatic nitrogens is 2. The fourth-order valence-electron chi connectivity index (χ4n) is 1.73. The Morgan fingerprint density at radius 3 is 2.95 bits per heavy atom.